The summed E-state index contributed by atoms with van der Waals surface area (Å²) in [7, 11) is 0. The molecule has 5 heteroatoms. The molecule has 0 heterocycles. The van der Waals surface area contributed by atoms with Gasteiger partial charge in [0.25, 0.3) is 0 Å². The first-order valence-electron chi connectivity index (χ1n) is 0. The van der Waals surface area contributed by atoms with Gasteiger partial charge < -0.3 is 37.2 Å². The molecule has 1 nitrogen and oxygen atoms in total. The first kappa shape index (κ1) is 44.9. The van der Waals surface area contributed by atoms with Gasteiger partial charge in [-0.3, -0.25) is 0 Å². The maximum atomic E-state index is 0. The van der Waals surface area contributed by atoms with Crippen LogP contribution >= 0.6 is 0 Å². The fourth-order valence-corrected chi connectivity index (χ4v) is 0. The van der Waals surface area contributed by atoms with E-state index >= 15 is 0 Å². The number of hydrogen-bond acceptors (Lipinski definition) is 0. The Kier molecular flexibility index (Phi) is 258. The average Bonchev–Trinajstić information content (AvgIpc) is 0. The maximum Gasteiger partial charge on any atom is 2.00 e. The summed E-state index contributed by atoms with van der Waals surface area (Å²) in [5.74, 6) is 0. The van der Waals surface area contributed by atoms with Crippen LogP contribution in [0.4, 0.5) is 0 Å². The summed E-state index contributed by atoms with van der Waals surface area (Å²) in [4.78, 5) is 0. The van der Waals surface area contributed by atoms with E-state index in [4.69, 9.17) is 0 Å². The summed E-state index contributed by atoms with van der Waals surface area (Å²) in [6.07, 6.45) is 0. The van der Waals surface area contributed by atoms with Crippen LogP contribution in [-0.2, 0) is 5.48 Å². The van der Waals surface area contributed by atoms with Gasteiger partial charge in [0.1, 0.15) is 0 Å². The van der Waals surface area contributed by atoms with E-state index in [-0.39, 0.29) is 112 Å². The minimum Gasteiger partial charge on any atom is -1.00 e. The maximum absolute atomic E-state index is 0. The molecule has 0 N–H and O–H groups in total. The molecule has 0 aromatic carbocycles. The van der Waals surface area contributed by atoms with Gasteiger partial charge in [0.15, 0.2) is 0 Å². The molecule has 0 aliphatic carbocycles. The van der Waals surface area contributed by atoms with Gasteiger partial charge in [0.2, 0.25) is 0 Å². The molecule has 0 saturated carbocycles. The van der Waals surface area contributed by atoms with Crippen LogP contribution in [0.25, 0.3) is 0 Å². The molecule has 0 aromatic rings. The molecular formula is Cl3CsO. The van der Waals surface area contributed by atoms with E-state index in [9.17, 15) is 0 Å². The molecule has 28 valence electrons. The third-order valence-corrected chi connectivity index (χ3v) is 0. The van der Waals surface area contributed by atoms with E-state index in [0.29, 0.717) is 0 Å². The number of halogens is 3. The van der Waals surface area contributed by atoms with Gasteiger partial charge in [-0.15, -0.1) is 0 Å². The Labute approximate surface area is 109 Å². The second-order valence-corrected chi connectivity index (χ2v) is 0. The van der Waals surface area contributed by atoms with Crippen LogP contribution in [0.1, 0.15) is 0 Å². The second-order valence-electron chi connectivity index (χ2n) is 0. The van der Waals surface area contributed by atoms with E-state index in [1.807, 2.05) is 0 Å². The molecule has 0 rings (SSSR count). The Morgan fingerprint density at radius 3 is 0.600 bits per heavy atom. The van der Waals surface area contributed by atoms with Gasteiger partial charge in [-0.05, 0) is 0 Å². The molecule has 0 aliphatic rings. The monoisotopic (exact) mass is 254 g/mol. The Morgan fingerprint density at radius 1 is 0.600 bits per heavy atom. The topological polar surface area (TPSA) is 28.5 Å². The normalized spacial score (nSPS) is 0. The Bertz CT molecular complexity index is 6.85. The molecule has 0 bridgehead atoms. The largest absolute Gasteiger partial charge is 2.00 e. The molecule has 0 amide bonds. The van der Waals surface area contributed by atoms with Gasteiger partial charge in [0.05, 0.1) is 0 Å². The minimum absolute atomic E-state index is 0. The zero-order valence-electron chi connectivity index (χ0n) is 2.54. The average molecular weight is 255 g/mol. The molecule has 0 aromatic heterocycles. The molecule has 0 atom stereocenters. The van der Waals surface area contributed by atoms with Crippen LogP contribution in [0, 0.1) is 0 Å². The van der Waals surface area contributed by atoms with Crippen LogP contribution in [0.2, 0.25) is 0 Å². The van der Waals surface area contributed by atoms with Crippen molar-refractivity contribution in [1.82, 2.24) is 0 Å². The molecular weight excluding hydrogens is 255 g/mol. The first-order valence-corrected chi connectivity index (χ1v) is 0. The second kappa shape index (κ2) is 28.7. The fourth-order valence-electron chi connectivity index (χ4n) is 0. The summed E-state index contributed by atoms with van der Waals surface area (Å²) in [5, 5.41) is 0. The van der Waals surface area contributed by atoms with Gasteiger partial charge in [-0.1, -0.05) is 0 Å². The first-order chi connectivity index (χ1) is 0. The van der Waals surface area contributed by atoms with Gasteiger partial charge in [-0.2, -0.15) is 0 Å². The summed E-state index contributed by atoms with van der Waals surface area (Å²) >= 11 is 0. The third-order valence-electron chi connectivity index (χ3n) is 0. The fraction of sp³-hybridized carbons (Fsp3) is 0. The quantitative estimate of drug-likeness (QED) is 0.411. The summed E-state index contributed by atoms with van der Waals surface area (Å²) in [6.45, 7) is 0. The van der Waals surface area contributed by atoms with E-state index in [1.165, 1.54) is 0 Å². The van der Waals surface area contributed by atoms with Crippen molar-refractivity contribution in [2.45, 2.75) is 0 Å². The minimum atomic E-state index is 0. The van der Waals surface area contributed by atoms with E-state index in [1.54, 1.807) is 0 Å². The zero-order chi connectivity index (χ0) is 0. The van der Waals surface area contributed by atoms with Crippen molar-refractivity contribution in [3.05, 3.63) is 0 Å². The molecule has 5 heavy (non-hydrogen) atoms. The van der Waals surface area contributed by atoms with Gasteiger partial charge in [0, 0.05) is 0 Å². The van der Waals surface area contributed by atoms with Crippen molar-refractivity contribution in [3.63, 3.8) is 0 Å². The van der Waals surface area contributed by atoms with Crippen LogP contribution in [0.3, 0.4) is 0 Å². The molecule has 0 saturated heterocycles. The number of rotatable bonds is 0. The molecule has 0 fully saturated rings. The van der Waals surface area contributed by atoms with Crippen molar-refractivity contribution in [2.75, 3.05) is 0 Å². The van der Waals surface area contributed by atoms with Crippen LogP contribution in [0.5, 0.6) is 0 Å². The molecule has 0 unspecified atom stereocenters. The molecule has 4 radical (unpaired) electrons. The standard InChI is InChI=1S/3ClH.Cs.O/h3*1H;;/q;;;+1;+2/p-3. The third kappa shape index (κ3) is 19.7. The summed E-state index contributed by atoms with van der Waals surface area (Å²) in [6, 6.07) is 0. The predicted octanol–water partition coefficient (Wildman–Crippen LogP) is -12.1. The van der Waals surface area contributed by atoms with Crippen LogP contribution in [0.15, 0.2) is 0 Å². The Morgan fingerprint density at radius 2 is 0.600 bits per heavy atom. The van der Waals surface area contributed by atoms with Crippen molar-refractivity contribution < 1.29 is 112 Å². The van der Waals surface area contributed by atoms with Crippen LogP contribution in [-0.4, -0.2) is 0 Å². The summed E-state index contributed by atoms with van der Waals surface area (Å²) in [5.41, 5.74) is 0. The van der Waals surface area contributed by atoms with Crippen LogP contribution < -0.4 is 106 Å². The Hall–Kier alpha value is 2.88. The van der Waals surface area contributed by atoms with E-state index in [2.05, 4.69) is 0 Å². The van der Waals surface area contributed by atoms with E-state index < -0.39 is 0 Å². The number of hydrogen-bond donors (Lipinski definition) is 0. The van der Waals surface area contributed by atoms with Crippen molar-refractivity contribution >= 4 is 0 Å². The Balaban J connectivity index is 0. The molecule has 0 spiro atoms. The van der Waals surface area contributed by atoms with Crippen molar-refractivity contribution in [3.8, 4) is 0 Å². The predicted molar refractivity (Wildman–Crippen MR) is 0.686 cm³/mol. The smallest absolute Gasteiger partial charge is 1.00 e. The van der Waals surface area contributed by atoms with Gasteiger partial charge >= 0.3 is 74.4 Å². The SMILES string of the molecule is [Cl-].[Cl-].[Cl-].[Cs+].[O+2]. The van der Waals surface area contributed by atoms with E-state index in [0.717, 1.165) is 0 Å². The summed E-state index contributed by atoms with van der Waals surface area (Å²) < 4.78 is 0. The van der Waals surface area contributed by atoms with Crippen molar-refractivity contribution in [1.29, 1.82) is 0 Å². The zero-order valence-corrected chi connectivity index (χ0v) is 11.1. The van der Waals surface area contributed by atoms with Gasteiger partial charge in [-0.25, -0.2) is 0 Å². The van der Waals surface area contributed by atoms with Crippen molar-refractivity contribution in [2.24, 2.45) is 0 Å². The molecule has 0 aliphatic heterocycles.